The van der Waals surface area contributed by atoms with Crippen molar-refractivity contribution in [1.29, 1.82) is 0 Å². The lowest BCUT2D eigenvalue weighted by Gasteiger charge is -1.85. The van der Waals surface area contributed by atoms with Gasteiger partial charge in [-0.1, -0.05) is 18.2 Å². The number of hydrogen-bond acceptors (Lipinski definition) is 1. The van der Waals surface area contributed by atoms with Gasteiger partial charge in [0.2, 0.25) is 0 Å². The Hall–Kier alpha value is -0.850. The SMILES string of the molecule is CC=CC1=CCCC1=O. The Labute approximate surface area is 55.1 Å². The second-order valence-corrected chi connectivity index (χ2v) is 2.12. The first kappa shape index (κ1) is 6.27. The van der Waals surface area contributed by atoms with Crippen LogP contribution in [-0.4, -0.2) is 5.78 Å². The van der Waals surface area contributed by atoms with Crippen molar-refractivity contribution in [3.63, 3.8) is 0 Å². The monoisotopic (exact) mass is 122 g/mol. The van der Waals surface area contributed by atoms with Crippen molar-refractivity contribution in [3.05, 3.63) is 23.8 Å². The minimum atomic E-state index is 0.285. The lowest BCUT2D eigenvalue weighted by Crippen LogP contribution is -1.90. The van der Waals surface area contributed by atoms with Crippen LogP contribution in [0.4, 0.5) is 0 Å². The van der Waals surface area contributed by atoms with Gasteiger partial charge in [0.1, 0.15) is 0 Å². The molecule has 0 N–H and O–H groups in total. The Kier molecular flexibility index (Phi) is 1.83. The van der Waals surface area contributed by atoms with Crippen LogP contribution in [0, 0.1) is 0 Å². The second-order valence-electron chi connectivity index (χ2n) is 2.12. The lowest BCUT2D eigenvalue weighted by molar-refractivity contribution is -0.114. The van der Waals surface area contributed by atoms with E-state index in [4.69, 9.17) is 0 Å². The fraction of sp³-hybridized carbons (Fsp3) is 0.375. The Bertz CT molecular complexity index is 175. The van der Waals surface area contributed by atoms with Gasteiger partial charge in [0.05, 0.1) is 0 Å². The van der Waals surface area contributed by atoms with Crippen molar-refractivity contribution < 1.29 is 4.79 Å². The maximum absolute atomic E-state index is 10.8. The van der Waals surface area contributed by atoms with Crippen molar-refractivity contribution in [1.82, 2.24) is 0 Å². The number of hydrogen-bond donors (Lipinski definition) is 0. The van der Waals surface area contributed by atoms with E-state index in [2.05, 4.69) is 0 Å². The zero-order valence-corrected chi connectivity index (χ0v) is 5.55. The highest BCUT2D eigenvalue weighted by Crippen LogP contribution is 2.14. The van der Waals surface area contributed by atoms with Crippen LogP contribution in [0.5, 0.6) is 0 Å². The van der Waals surface area contributed by atoms with E-state index in [1.54, 1.807) is 0 Å². The van der Waals surface area contributed by atoms with Crippen LogP contribution < -0.4 is 0 Å². The van der Waals surface area contributed by atoms with E-state index in [1.807, 2.05) is 25.2 Å². The summed E-state index contributed by atoms with van der Waals surface area (Å²) in [5, 5.41) is 0. The third-order valence-electron chi connectivity index (χ3n) is 1.40. The maximum Gasteiger partial charge on any atom is 0.162 e. The van der Waals surface area contributed by atoms with Gasteiger partial charge >= 0.3 is 0 Å². The summed E-state index contributed by atoms with van der Waals surface area (Å²) in [7, 11) is 0. The molecule has 1 aliphatic rings. The zero-order valence-electron chi connectivity index (χ0n) is 5.55. The van der Waals surface area contributed by atoms with E-state index in [-0.39, 0.29) is 5.78 Å². The molecule has 0 fully saturated rings. The van der Waals surface area contributed by atoms with Gasteiger partial charge in [-0.3, -0.25) is 4.79 Å². The van der Waals surface area contributed by atoms with E-state index in [0.717, 1.165) is 12.0 Å². The van der Waals surface area contributed by atoms with Gasteiger partial charge < -0.3 is 0 Å². The van der Waals surface area contributed by atoms with E-state index in [9.17, 15) is 4.79 Å². The number of Topliss-reactive ketones (excluding diaryl/α,β-unsaturated/α-hetero) is 1. The molecule has 0 amide bonds. The van der Waals surface area contributed by atoms with E-state index >= 15 is 0 Å². The highest BCUT2D eigenvalue weighted by molar-refractivity contribution is 6.00. The lowest BCUT2D eigenvalue weighted by atomic mass is 10.2. The first-order valence-corrected chi connectivity index (χ1v) is 3.20. The molecule has 0 heterocycles. The maximum atomic E-state index is 10.8. The van der Waals surface area contributed by atoms with Crippen molar-refractivity contribution in [2.24, 2.45) is 0 Å². The quantitative estimate of drug-likeness (QED) is 0.518. The van der Waals surface area contributed by atoms with Crippen LogP contribution in [0.25, 0.3) is 0 Å². The molecule has 9 heavy (non-hydrogen) atoms. The molecule has 1 rings (SSSR count). The first-order valence-electron chi connectivity index (χ1n) is 3.20. The summed E-state index contributed by atoms with van der Waals surface area (Å²) in [4.78, 5) is 10.8. The van der Waals surface area contributed by atoms with Gasteiger partial charge in [-0.05, 0) is 13.3 Å². The van der Waals surface area contributed by atoms with Gasteiger partial charge in [-0.25, -0.2) is 0 Å². The molecule has 0 atom stereocenters. The summed E-state index contributed by atoms with van der Waals surface area (Å²) in [6, 6.07) is 0. The van der Waals surface area contributed by atoms with Gasteiger partial charge in [0.15, 0.2) is 5.78 Å². The molecule has 0 saturated carbocycles. The molecule has 0 radical (unpaired) electrons. The zero-order chi connectivity index (χ0) is 6.69. The van der Waals surface area contributed by atoms with Gasteiger partial charge in [0, 0.05) is 12.0 Å². The fourth-order valence-electron chi connectivity index (χ4n) is 0.957. The third-order valence-corrected chi connectivity index (χ3v) is 1.40. The molecule has 1 aliphatic carbocycles. The normalized spacial score (nSPS) is 19.2. The highest BCUT2D eigenvalue weighted by Gasteiger charge is 2.10. The molecule has 0 bridgehead atoms. The van der Waals surface area contributed by atoms with Crippen molar-refractivity contribution >= 4 is 5.78 Å². The third kappa shape index (κ3) is 1.28. The highest BCUT2D eigenvalue weighted by atomic mass is 16.1. The minimum Gasteiger partial charge on any atom is -0.294 e. The molecule has 0 aromatic rings. The van der Waals surface area contributed by atoms with E-state index in [0.29, 0.717) is 6.42 Å². The summed E-state index contributed by atoms with van der Waals surface area (Å²) in [5.74, 6) is 0.285. The van der Waals surface area contributed by atoms with Crippen LogP contribution in [0.3, 0.4) is 0 Å². The molecular weight excluding hydrogens is 112 g/mol. The van der Waals surface area contributed by atoms with Crippen LogP contribution in [-0.2, 0) is 4.79 Å². The Morgan fingerprint density at radius 1 is 1.67 bits per heavy atom. The Balaban J connectivity index is 2.68. The molecular formula is C8H10O. The van der Waals surface area contributed by atoms with E-state index in [1.165, 1.54) is 0 Å². The molecule has 0 aromatic heterocycles. The number of carbonyl (C=O) groups is 1. The van der Waals surface area contributed by atoms with Crippen LogP contribution in [0.1, 0.15) is 19.8 Å². The largest absolute Gasteiger partial charge is 0.294 e. The van der Waals surface area contributed by atoms with Crippen molar-refractivity contribution in [2.75, 3.05) is 0 Å². The van der Waals surface area contributed by atoms with Crippen LogP contribution in [0.2, 0.25) is 0 Å². The number of ketones is 1. The predicted molar refractivity (Wildman–Crippen MR) is 37.1 cm³/mol. The van der Waals surface area contributed by atoms with Crippen LogP contribution in [0.15, 0.2) is 23.8 Å². The molecule has 0 aliphatic heterocycles. The summed E-state index contributed by atoms with van der Waals surface area (Å²) in [6.45, 7) is 1.92. The molecule has 48 valence electrons. The average molecular weight is 122 g/mol. The average Bonchev–Trinajstić information content (AvgIpc) is 2.18. The molecule has 1 nitrogen and oxygen atoms in total. The smallest absolute Gasteiger partial charge is 0.162 e. The number of allylic oxidation sites excluding steroid dienone is 4. The van der Waals surface area contributed by atoms with Gasteiger partial charge in [-0.2, -0.15) is 0 Å². The summed E-state index contributed by atoms with van der Waals surface area (Å²) < 4.78 is 0. The number of carbonyl (C=O) groups excluding carboxylic acids is 1. The van der Waals surface area contributed by atoms with Gasteiger partial charge in [0.25, 0.3) is 0 Å². The predicted octanol–water partition coefficient (Wildman–Crippen LogP) is 1.85. The molecule has 1 heteroatoms. The molecule has 0 unspecified atom stereocenters. The Morgan fingerprint density at radius 2 is 2.44 bits per heavy atom. The first-order chi connectivity index (χ1) is 4.34. The fourth-order valence-corrected chi connectivity index (χ4v) is 0.957. The summed E-state index contributed by atoms with van der Waals surface area (Å²) in [6.07, 6.45) is 7.39. The molecule has 0 aromatic carbocycles. The van der Waals surface area contributed by atoms with Crippen LogP contribution >= 0.6 is 0 Å². The minimum absolute atomic E-state index is 0.285. The van der Waals surface area contributed by atoms with Gasteiger partial charge in [-0.15, -0.1) is 0 Å². The van der Waals surface area contributed by atoms with Crippen molar-refractivity contribution in [2.45, 2.75) is 19.8 Å². The molecule has 0 saturated heterocycles. The second kappa shape index (κ2) is 2.62. The number of rotatable bonds is 1. The summed E-state index contributed by atoms with van der Waals surface area (Å²) >= 11 is 0. The van der Waals surface area contributed by atoms with E-state index < -0.39 is 0 Å². The Morgan fingerprint density at radius 3 is 2.89 bits per heavy atom. The standard InChI is InChI=1S/C8H10O/c1-2-4-7-5-3-6-8(7)9/h2,4-5H,3,6H2,1H3. The van der Waals surface area contributed by atoms with Crippen molar-refractivity contribution in [3.8, 4) is 0 Å². The molecule has 0 spiro atoms. The summed E-state index contributed by atoms with van der Waals surface area (Å²) in [5.41, 5.74) is 0.887. The topological polar surface area (TPSA) is 17.1 Å².